The number of hydrogen-bond acceptors (Lipinski definition) is 4. The molecule has 130 valence electrons. The van der Waals surface area contributed by atoms with Gasteiger partial charge in [-0.25, -0.2) is 0 Å². The lowest BCUT2D eigenvalue weighted by Gasteiger charge is -2.11. The van der Waals surface area contributed by atoms with Gasteiger partial charge in [0.05, 0.1) is 4.58 Å². The first kappa shape index (κ1) is 17.9. The summed E-state index contributed by atoms with van der Waals surface area (Å²) in [6.45, 7) is 0. The fourth-order valence-electron chi connectivity index (χ4n) is 2.50. The third-order valence-corrected chi connectivity index (χ3v) is 6.97. The quantitative estimate of drug-likeness (QED) is 0.877. The molecule has 25 heavy (non-hydrogen) atoms. The van der Waals surface area contributed by atoms with Gasteiger partial charge in [0.2, 0.25) is 0 Å². The molecule has 0 bridgehead atoms. The van der Waals surface area contributed by atoms with Crippen LogP contribution < -0.4 is 5.32 Å². The topological polar surface area (TPSA) is 49.4 Å². The fourth-order valence-corrected chi connectivity index (χ4v) is 5.36. The number of carbonyl (C=O) groups is 2. The highest BCUT2D eigenvalue weighted by Crippen LogP contribution is 2.45. The van der Waals surface area contributed by atoms with Crippen molar-refractivity contribution in [1.82, 2.24) is 4.90 Å². The van der Waals surface area contributed by atoms with E-state index in [1.165, 1.54) is 22.0 Å². The lowest BCUT2D eigenvalue weighted by Crippen LogP contribution is -2.21. The molecule has 0 saturated carbocycles. The highest BCUT2D eigenvalue weighted by atomic mass is 32.2. The third-order valence-electron chi connectivity index (χ3n) is 3.86. The van der Waals surface area contributed by atoms with Crippen molar-refractivity contribution in [3.05, 3.63) is 65.2 Å². The first-order valence-electron chi connectivity index (χ1n) is 8.01. The van der Waals surface area contributed by atoms with Crippen molar-refractivity contribution in [3.8, 4) is 0 Å². The van der Waals surface area contributed by atoms with Crippen LogP contribution in [0.25, 0.3) is 0 Å². The van der Waals surface area contributed by atoms with Crippen LogP contribution in [0.5, 0.6) is 0 Å². The zero-order chi connectivity index (χ0) is 17.8. The monoisotopic (exact) mass is 372 g/mol. The van der Waals surface area contributed by atoms with Crippen LogP contribution in [0.2, 0.25) is 0 Å². The number of nitrogens with zero attached hydrogens (tertiary/aromatic N) is 1. The maximum absolute atomic E-state index is 12.4. The van der Waals surface area contributed by atoms with Crippen molar-refractivity contribution in [2.75, 3.05) is 30.9 Å². The largest absolute Gasteiger partial charge is 0.345 e. The van der Waals surface area contributed by atoms with Crippen molar-refractivity contribution >= 4 is 41.0 Å². The first-order chi connectivity index (χ1) is 12.0. The Bertz CT molecular complexity index is 752. The van der Waals surface area contributed by atoms with Crippen LogP contribution in [0.3, 0.4) is 0 Å². The number of nitrogens with one attached hydrogen (secondary N) is 1. The minimum atomic E-state index is -0.148. The van der Waals surface area contributed by atoms with E-state index in [0.29, 0.717) is 21.4 Å². The molecular weight excluding hydrogens is 352 g/mol. The molecule has 0 aliphatic carbocycles. The van der Waals surface area contributed by atoms with Crippen molar-refractivity contribution < 1.29 is 9.59 Å². The van der Waals surface area contributed by atoms with E-state index in [-0.39, 0.29) is 11.8 Å². The molecule has 0 atom stereocenters. The van der Waals surface area contributed by atoms with E-state index < -0.39 is 0 Å². The Kier molecular flexibility index (Phi) is 5.71. The van der Waals surface area contributed by atoms with Crippen molar-refractivity contribution in [2.45, 2.75) is 4.58 Å². The van der Waals surface area contributed by atoms with Gasteiger partial charge in [-0.05, 0) is 42.0 Å². The summed E-state index contributed by atoms with van der Waals surface area (Å²) < 4.78 is 0.485. The Morgan fingerprint density at radius 3 is 2.04 bits per heavy atom. The molecule has 2 amide bonds. The van der Waals surface area contributed by atoms with E-state index in [4.69, 9.17) is 0 Å². The number of anilines is 1. The molecule has 0 radical (unpaired) electrons. The van der Waals surface area contributed by atoms with Crippen molar-refractivity contribution in [3.63, 3.8) is 0 Å². The summed E-state index contributed by atoms with van der Waals surface area (Å²) in [7, 11) is 3.43. The molecular formula is C19H20N2O2S2. The van der Waals surface area contributed by atoms with Gasteiger partial charge in [0.25, 0.3) is 11.8 Å². The number of benzene rings is 2. The van der Waals surface area contributed by atoms with E-state index in [9.17, 15) is 9.59 Å². The molecule has 1 heterocycles. The second kappa shape index (κ2) is 7.97. The summed E-state index contributed by atoms with van der Waals surface area (Å²) in [5, 5.41) is 2.87. The van der Waals surface area contributed by atoms with Gasteiger partial charge in [-0.15, -0.1) is 23.5 Å². The average Bonchev–Trinajstić information content (AvgIpc) is 3.16. The van der Waals surface area contributed by atoms with Gasteiger partial charge < -0.3 is 10.2 Å². The van der Waals surface area contributed by atoms with Gasteiger partial charge in [0.15, 0.2) is 0 Å². The molecule has 1 aliphatic rings. The predicted octanol–water partition coefficient (Wildman–Crippen LogP) is 4.12. The zero-order valence-corrected chi connectivity index (χ0v) is 15.8. The molecule has 0 unspecified atom stereocenters. The summed E-state index contributed by atoms with van der Waals surface area (Å²) >= 11 is 3.90. The smallest absolute Gasteiger partial charge is 0.255 e. The van der Waals surface area contributed by atoms with E-state index in [2.05, 4.69) is 5.32 Å². The van der Waals surface area contributed by atoms with Crippen molar-refractivity contribution in [2.24, 2.45) is 0 Å². The maximum atomic E-state index is 12.4. The average molecular weight is 373 g/mol. The van der Waals surface area contributed by atoms with Gasteiger partial charge in [0, 0.05) is 42.4 Å². The summed E-state index contributed by atoms with van der Waals surface area (Å²) in [5.41, 5.74) is 3.16. The Morgan fingerprint density at radius 2 is 1.48 bits per heavy atom. The minimum absolute atomic E-state index is 0.0592. The molecule has 0 spiro atoms. The lowest BCUT2D eigenvalue weighted by atomic mass is 10.1. The van der Waals surface area contributed by atoms with Gasteiger partial charge in [-0.2, -0.15) is 0 Å². The SMILES string of the molecule is CN(C)C(=O)c1ccc(NC(=O)c2ccc(C3SCCS3)cc2)cc1. The second-order valence-electron chi connectivity index (χ2n) is 5.93. The van der Waals surface area contributed by atoms with Crippen LogP contribution in [0.1, 0.15) is 30.9 Å². The molecule has 0 aromatic heterocycles. The molecule has 1 fully saturated rings. The lowest BCUT2D eigenvalue weighted by molar-refractivity contribution is 0.0827. The molecule has 2 aromatic rings. The summed E-state index contributed by atoms with van der Waals surface area (Å²) in [6, 6.07) is 14.7. The Morgan fingerprint density at radius 1 is 0.920 bits per heavy atom. The molecule has 2 aromatic carbocycles. The van der Waals surface area contributed by atoms with Gasteiger partial charge >= 0.3 is 0 Å². The number of rotatable bonds is 4. The number of hydrogen-bond donors (Lipinski definition) is 1. The molecule has 4 nitrogen and oxygen atoms in total. The van der Waals surface area contributed by atoms with E-state index in [1.54, 1.807) is 38.4 Å². The van der Waals surface area contributed by atoms with Crippen LogP contribution in [0.4, 0.5) is 5.69 Å². The predicted molar refractivity (Wildman–Crippen MR) is 107 cm³/mol. The second-order valence-corrected chi connectivity index (χ2v) is 8.65. The van der Waals surface area contributed by atoms with E-state index >= 15 is 0 Å². The fraction of sp³-hybridized carbons (Fsp3) is 0.263. The zero-order valence-electron chi connectivity index (χ0n) is 14.2. The van der Waals surface area contributed by atoms with E-state index in [0.717, 1.165) is 0 Å². The van der Waals surface area contributed by atoms with Gasteiger partial charge in [-0.3, -0.25) is 9.59 Å². The third kappa shape index (κ3) is 4.38. The first-order valence-corrected chi connectivity index (χ1v) is 10.1. The Balaban J connectivity index is 1.64. The molecule has 1 aliphatic heterocycles. The number of amides is 2. The molecule has 3 rings (SSSR count). The normalized spacial score (nSPS) is 14.3. The highest BCUT2D eigenvalue weighted by Gasteiger charge is 2.18. The molecule has 1 saturated heterocycles. The summed E-state index contributed by atoms with van der Waals surface area (Å²) in [6.07, 6.45) is 0. The van der Waals surface area contributed by atoms with Crippen LogP contribution in [0, 0.1) is 0 Å². The van der Waals surface area contributed by atoms with Crippen LogP contribution in [-0.2, 0) is 0 Å². The van der Waals surface area contributed by atoms with Gasteiger partial charge in [-0.1, -0.05) is 12.1 Å². The van der Waals surface area contributed by atoms with Crippen LogP contribution >= 0.6 is 23.5 Å². The van der Waals surface area contributed by atoms with Gasteiger partial charge in [0.1, 0.15) is 0 Å². The minimum Gasteiger partial charge on any atom is -0.345 e. The van der Waals surface area contributed by atoms with E-state index in [1.807, 2.05) is 47.8 Å². The number of thioether (sulfide) groups is 2. The summed E-state index contributed by atoms with van der Waals surface area (Å²) in [5.74, 6) is 2.16. The molecule has 6 heteroatoms. The number of carbonyl (C=O) groups excluding carboxylic acids is 2. The Labute approximate surface area is 156 Å². The highest BCUT2D eigenvalue weighted by molar-refractivity contribution is 8.19. The molecule has 1 N–H and O–H groups in total. The van der Waals surface area contributed by atoms with Crippen molar-refractivity contribution in [1.29, 1.82) is 0 Å². The summed E-state index contributed by atoms with van der Waals surface area (Å²) in [4.78, 5) is 25.8. The maximum Gasteiger partial charge on any atom is 0.255 e. The Hall–Kier alpha value is -1.92. The van der Waals surface area contributed by atoms with Crippen LogP contribution in [0.15, 0.2) is 48.5 Å². The standard InChI is InChI=1S/C19H20N2O2S2/c1-21(2)18(23)14-7-9-16(10-8-14)20-17(22)13-3-5-15(6-4-13)19-24-11-12-25-19/h3-10,19H,11-12H2,1-2H3,(H,20,22). The van der Waals surface area contributed by atoms with Crippen LogP contribution in [-0.4, -0.2) is 42.3 Å².